The lowest BCUT2D eigenvalue weighted by molar-refractivity contribution is -0.124. The van der Waals surface area contributed by atoms with Crippen molar-refractivity contribution in [1.29, 1.82) is 0 Å². The molecular formula is C18H24N2O. The Balaban J connectivity index is 2.58. The van der Waals surface area contributed by atoms with Gasteiger partial charge in [0.05, 0.1) is 5.54 Å². The number of hydrogen-bond donors (Lipinski definition) is 0. The van der Waals surface area contributed by atoms with Gasteiger partial charge in [-0.25, -0.2) is 0 Å². The van der Waals surface area contributed by atoms with E-state index >= 15 is 0 Å². The number of carbonyl (C=O) groups is 1. The number of carbonyl (C=O) groups excluding carboxylic acids is 1. The van der Waals surface area contributed by atoms with Crippen molar-refractivity contribution in [2.45, 2.75) is 52.6 Å². The number of amides is 1. The van der Waals surface area contributed by atoms with Crippen molar-refractivity contribution in [1.82, 2.24) is 4.90 Å². The largest absolute Gasteiger partial charge is 0.288 e. The molecule has 1 heterocycles. The van der Waals surface area contributed by atoms with Gasteiger partial charge in [0, 0.05) is 17.2 Å². The Morgan fingerprint density at radius 2 is 1.52 bits per heavy atom. The molecule has 0 saturated heterocycles. The van der Waals surface area contributed by atoms with Crippen LogP contribution >= 0.6 is 0 Å². The van der Waals surface area contributed by atoms with Crippen LogP contribution in [0.3, 0.4) is 0 Å². The number of nitrogens with zero attached hydrogens (tertiary/aromatic N) is 2. The molecule has 0 spiro atoms. The second-order valence-electron chi connectivity index (χ2n) is 7.37. The van der Waals surface area contributed by atoms with Crippen LogP contribution in [-0.2, 0) is 4.79 Å². The number of hydrogen-bond acceptors (Lipinski definition) is 2. The van der Waals surface area contributed by atoms with Crippen molar-refractivity contribution in [2.75, 3.05) is 0 Å². The first-order valence-electron chi connectivity index (χ1n) is 7.31. The molecule has 3 heteroatoms. The van der Waals surface area contributed by atoms with Crippen LogP contribution in [0.1, 0.15) is 47.1 Å². The predicted molar refractivity (Wildman–Crippen MR) is 88.2 cm³/mol. The summed E-state index contributed by atoms with van der Waals surface area (Å²) in [5.74, 6) is 0.774. The van der Waals surface area contributed by atoms with Gasteiger partial charge in [-0.2, -0.15) is 0 Å². The number of aliphatic imine (C=N–C) groups is 1. The highest BCUT2D eigenvalue weighted by Gasteiger charge is 2.37. The first-order valence-corrected chi connectivity index (χ1v) is 7.31. The van der Waals surface area contributed by atoms with Gasteiger partial charge in [-0.3, -0.25) is 14.7 Å². The molecule has 2 rings (SSSR count). The summed E-state index contributed by atoms with van der Waals surface area (Å²) in [4.78, 5) is 19.1. The maximum absolute atomic E-state index is 12.5. The van der Waals surface area contributed by atoms with Gasteiger partial charge >= 0.3 is 0 Å². The first kappa shape index (κ1) is 15.5. The lowest BCUT2D eigenvalue weighted by Crippen LogP contribution is -2.46. The molecule has 1 aliphatic heterocycles. The summed E-state index contributed by atoms with van der Waals surface area (Å²) in [7, 11) is 0. The summed E-state index contributed by atoms with van der Waals surface area (Å²) >= 11 is 0. The highest BCUT2D eigenvalue weighted by atomic mass is 16.2. The molecule has 0 aliphatic carbocycles. The van der Waals surface area contributed by atoms with Gasteiger partial charge in [0.25, 0.3) is 5.91 Å². The van der Waals surface area contributed by atoms with Crippen molar-refractivity contribution in [3.63, 3.8) is 0 Å². The van der Waals surface area contributed by atoms with Gasteiger partial charge in [0.1, 0.15) is 5.84 Å². The van der Waals surface area contributed by atoms with Crippen LogP contribution in [0.15, 0.2) is 41.4 Å². The van der Waals surface area contributed by atoms with E-state index in [-0.39, 0.29) is 17.0 Å². The quantitative estimate of drug-likeness (QED) is 0.769. The highest BCUT2D eigenvalue weighted by Crippen LogP contribution is 2.31. The molecule has 0 saturated carbocycles. The lowest BCUT2D eigenvalue weighted by Gasteiger charge is -2.34. The molecule has 0 radical (unpaired) electrons. The third-order valence-corrected chi connectivity index (χ3v) is 3.14. The van der Waals surface area contributed by atoms with Crippen molar-refractivity contribution in [3.05, 3.63) is 42.0 Å². The van der Waals surface area contributed by atoms with Crippen LogP contribution < -0.4 is 0 Å². The summed E-state index contributed by atoms with van der Waals surface area (Å²) in [6.45, 7) is 12.2. The zero-order valence-electron chi connectivity index (χ0n) is 13.8. The van der Waals surface area contributed by atoms with E-state index in [9.17, 15) is 4.79 Å². The van der Waals surface area contributed by atoms with Gasteiger partial charge in [0.2, 0.25) is 0 Å². The molecule has 0 N–H and O–H groups in total. The fourth-order valence-corrected chi connectivity index (χ4v) is 2.38. The van der Waals surface area contributed by atoms with E-state index in [0.29, 0.717) is 0 Å². The second-order valence-corrected chi connectivity index (χ2v) is 7.37. The zero-order valence-corrected chi connectivity index (χ0v) is 13.8. The standard InChI is InChI=1S/C18H24N2O/c1-17(2,3)19-16-14(13-10-8-7-9-11-13)12-15(21)20(16)18(4,5)6/h7-12H,1-6H3. The van der Waals surface area contributed by atoms with E-state index in [0.717, 1.165) is 17.0 Å². The molecule has 0 aromatic heterocycles. The molecule has 0 bridgehead atoms. The zero-order chi connectivity index (χ0) is 15.8. The van der Waals surface area contributed by atoms with Crippen molar-refractivity contribution in [2.24, 2.45) is 4.99 Å². The number of rotatable bonds is 1. The minimum atomic E-state index is -0.297. The molecule has 112 valence electrons. The van der Waals surface area contributed by atoms with Crippen LogP contribution in [0.25, 0.3) is 5.57 Å². The normalized spacial score (nSPS) is 18.4. The highest BCUT2D eigenvalue weighted by molar-refractivity contribution is 6.36. The smallest absolute Gasteiger partial charge is 0.253 e. The topological polar surface area (TPSA) is 32.7 Å². The fraction of sp³-hybridized carbons (Fsp3) is 0.444. The van der Waals surface area contributed by atoms with Gasteiger partial charge in [0.15, 0.2) is 0 Å². The molecule has 1 aromatic rings. The van der Waals surface area contributed by atoms with Crippen LogP contribution in [0.5, 0.6) is 0 Å². The third kappa shape index (κ3) is 3.41. The summed E-state index contributed by atoms with van der Waals surface area (Å²) in [6, 6.07) is 9.97. The Morgan fingerprint density at radius 1 is 0.952 bits per heavy atom. The minimum Gasteiger partial charge on any atom is -0.288 e. The average Bonchev–Trinajstić information content (AvgIpc) is 2.64. The fourth-order valence-electron chi connectivity index (χ4n) is 2.38. The summed E-state index contributed by atoms with van der Waals surface area (Å²) in [5.41, 5.74) is 1.40. The Labute approximate surface area is 127 Å². The van der Waals surface area contributed by atoms with Gasteiger partial charge in [-0.15, -0.1) is 0 Å². The van der Waals surface area contributed by atoms with Crippen LogP contribution in [0.4, 0.5) is 0 Å². The lowest BCUT2D eigenvalue weighted by atomic mass is 10.0. The molecule has 0 unspecified atom stereocenters. The molecule has 1 aromatic carbocycles. The maximum atomic E-state index is 12.5. The van der Waals surface area contributed by atoms with Gasteiger partial charge < -0.3 is 0 Å². The summed E-state index contributed by atoms with van der Waals surface area (Å²) in [5, 5.41) is 0. The minimum absolute atomic E-state index is 0.00403. The molecule has 0 atom stereocenters. The Bertz CT molecular complexity index is 598. The average molecular weight is 284 g/mol. The van der Waals surface area contributed by atoms with E-state index < -0.39 is 0 Å². The number of benzene rings is 1. The van der Waals surface area contributed by atoms with Crippen LogP contribution in [0, 0.1) is 0 Å². The van der Waals surface area contributed by atoms with Crippen molar-refractivity contribution < 1.29 is 4.79 Å². The Morgan fingerprint density at radius 3 is 2.00 bits per heavy atom. The van der Waals surface area contributed by atoms with Gasteiger partial charge in [-0.1, -0.05) is 30.3 Å². The van der Waals surface area contributed by atoms with E-state index in [1.54, 1.807) is 11.0 Å². The molecule has 1 aliphatic rings. The first-order chi connectivity index (χ1) is 9.59. The monoisotopic (exact) mass is 284 g/mol. The van der Waals surface area contributed by atoms with Crippen molar-refractivity contribution >= 4 is 17.3 Å². The number of amidine groups is 1. The molecule has 0 fully saturated rings. The van der Waals surface area contributed by atoms with Gasteiger partial charge in [-0.05, 0) is 47.1 Å². The van der Waals surface area contributed by atoms with Crippen LogP contribution in [0.2, 0.25) is 0 Å². The second kappa shape index (κ2) is 5.14. The predicted octanol–water partition coefficient (Wildman–Crippen LogP) is 3.91. The summed E-state index contributed by atoms with van der Waals surface area (Å²) in [6.07, 6.45) is 1.70. The third-order valence-electron chi connectivity index (χ3n) is 3.14. The Kier molecular flexibility index (Phi) is 3.79. The molecule has 3 nitrogen and oxygen atoms in total. The van der Waals surface area contributed by atoms with E-state index in [4.69, 9.17) is 4.99 Å². The summed E-state index contributed by atoms with van der Waals surface area (Å²) < 4.78 is 0. The Hall–Kier alpha value is -1.90. The SMILES string of the molecule is CC(C)(C)N=C1C(c2ccccc2)=CC(=O)N1C(C)(C)C. The van der Waals surface area contributed by atoms with E-state index in [2.05, 4.69) is 0 Å². The maximum Gasteiger partial charge on any atom is 0.253 e. The van der Waals surface area contributed by atoms with Crippen LogP contribution in [-0.4, -0.2) is 27.7 Å². The molecule has 21 heavy (non-hydrogen) atoms. The molecular weight excluding hydrogens is 260 g/mol. The molecule has 1 amide bonds. The van der Waals surface area contributed by atoms with Crippen molar-refractivity contribution in [3.8, 4) is 0 Å². The van der Waals surface area contributed by atoms with E-state index in [1.807, 2.05) is 71.9 Å². The van der Waals surface area contributed by atoms with E-state index in [1.165, 1.54) is 0 Å².